The standard InChI is InChI=1S/C22H25N4O5P/c1-4-30-32(29,31-5-2)17-11-9-16(10-12-17)15(3)21(27)25-19-14-24-20(26-22(19)28)18-8-6-7-13-23-18/h6-15H,4-5H2,1-3H3,(H,25,27)(H,24,26,28). The number of aromatic nitrogens is 3. The van der Waals surface area contributed by atoms with Crippen molar-refractivity contribution in [2.45, 2.75) is 26.7 Å². The van der Waals surface area contributed by atoms with Crippen molar-refractivity contribution in [1.82, 2.24) is 15.0 Å². The van der Waals surface area contributed by atoms with Crippen LogP contribution in [0.1, 0.15) is 32.3 Å². The van der Waals surface area contributed by atoms with E-state index in [4.69, 9.17) is 9.05 Å². The largest absolute Gasteiger partial charge is 0.492 e. The van der Waals surface area contributed by atoms with Crippen LogP contribution in [0.5, 0.6) is 5.88 Å². The Morgan fingerprint density at radius 2 is 1.78 bits per heavy atom. The van der Waals surface area contributed by atoms with Crippen LogP contribution in [0, 0.1) is 0 Å². The first-order valence-electron chi connectivity index (χ1n) is 10.2. The van der Waals surface area contributed by atoms with E-state index in [-0.39, 0.29) is 36.5 Å². The molecule has 1 amide bonds. The average Bonchev–Trinajstić information content (AvgIpc) is 2.81. The van der Waals surface area contributed by atoms with Gasteiger partial charge in [0.25, 0.3) is 0 Å². The van der Waals surface area contributed by atoms with Crippen LogP contribution in [0.25, 0.3) is 11.5 Å². The summed E-state index contributed by atoms with van der Waals surface area (Å²) in [4.78, 5) is 25.0. The predicted molar refractivity (Wildman–Crippen MR) is 121 cm³/mol. The van der Waals surface area contributed by atoms with Gasteiger partial charge in [-0.05, 0) is 50.6 Å². The van der Waals surface area contributed by atoms with Gasteiger partial charge >= 0.3 is 7.60 Å². The summed E-state index contributed by atoms with van der Waals surface area (Å²) in [5.41, 5.74) is 1.29. The maximum Gasteiger partial charge on any atom is 0.361 e. The molecule has 1 atom stereocenters. The molecule has 3 aromatic rings. The summed E-state index contributed by atoms with van der Waals surface area (Å²) in [7, 11) is -3.39. The van der Waals surface area contributed by atoms with Gasteiger partial charge in [0.05, 0.1) is 30.6 Å². The SMILES string of the molecule is CCOP(=O)(OCC)c1ccc(C(C)C(=O)Nc2cnc(-c3ccccn3)nc2O)cc1. The number of aromatic hydroxyl groups is 1. The third-order valence-electron chi connectivity index (χ3n) is 4.62. The zero-order valence-corrected chi connectivity index (χ0v) is 19.0. The van der Waals surface area contributed by atoms with E-state index in [1.165, 1.54) is 6.20 Å². The maximum atomic E-state index is 12.9. The van der Waals surface area contributed by atoms with Crippen molar-refractivity contribution in [3.05, 3.63) is 60.4 Å². The number of pyridine rings is 1. The fourth-order valence-electron chi connectivity index (χ4n) is 2.94. The highest BCUT2D eigenvalue weighted by Gasteiger charge is 2.27. The van der Waals surface area contributed by atoms with Gasteiger partial charge in [0.15, 0.2) is 5.82 Å². The van der Waals surface area contributed by atoms with Crippen molar-refractivity contribution in [2.24, 2.45) is 0 Å². The molecule has 3 rings (SSSR count). The molecule has 9 nitrogen and oxygen atoms in total. The van der Waals surface area contributed by atoms with Crippen LogP contribution in [0.15, 0.2) is 54.9 Å². The molecular formula is C22H25N4O5P. The van der Waals surface area contributed by atoms with Gasteiger partial charge in [-0.2, -0.15) is 4.98 Å². The quantitative estimate of drug-likeness (QED) is 0.465. The van der Waals surface area contributed by atoms with Gasteiger partial charge in [0.1, 0.15) is 11.4 Å². The van der Waals surface area contributed by atoms with Gasteiger partial charge in [0.2, 0.25) is 11.8 Å². The molecule has 32 heavy (non-hydrogen) atoms. The Morgan fingerprint density at radius 3 is 2.34 bits per heavy atom. The van der Waals surface area contributed by atoms with Gasteiger partial charge in [-0.1, -0.05) is 18.2 Å². The number of rotatable bonds is 9. The number of carbonyl (C=O) groups excluding carboxylic acids is 1. The number of anilines is 1. The molecule has 168 valence electrons. The molecule has 1 aromatic carbocycles. The lowest BCUT2D eigenvalue weighted by Crippen LogP contribution is -2.20. The van der Waals surface area contributed by atoms with Crippen molar-refractivity contribution < 1.29 is 23.5 Å². The van der Waals surface area contributed by atoms with Crippen LogP contribution in [-0.4, -0.2) is 39.2 Å². The Bertz CT molecular complexity index is 1100. The number of nitrogens with zero attached hydrogens (tertiary/aromatic N) is 3. The highest BCUT2D eigenvalue weighted by atomic mass is 31.2. The number of hydrogen-bond acceptors (Lipinski definition) is 8. The molecule has 10 heteroatoms. The number of amides is 1. The lowest BCUT2D eigenvalue weighted by molar-refractivity contribution is -0.117. The van der Waals surface area contributed by atoms with Crippen molar-refractivity contribution in [1.29, 1.82) is 0 Å². The molecule has 2 heterocycles. The van der Waals surface area contributed by atoms with Gasteiger partial charge in [-0.15, -0.1) is 0 Å². The molecule has 0 radical (unpaired) electrons. The fourth-order valence-corrected chi connectivity index (χ4v) is 4.51. The molecule has 0 spiro atoms. The van der Waals surface area contributed by atoms with Crippen LogP contribution in [-0.2, 0) is 18.4 Å². The molecule has 0 saturated heterocycles. The second-order valence-corrected chi connectivity index (χ2v) is 8.81. The molecule has 0 bridgehead atoms. The number of nitrogens with one attached hydrogen (secondary N) is 1. The second kappa shape index (κ2) is 10.5. The number of benzene rings is 1. The minimum atomic E-state index is -3.39. The van der Waals surface area contributed by atoms with E-state index >= 15 is 0 Å². The lowest BCUT2D eigenvalue weighted by Gasteiger charge is -2.18. The van der Waals surface area contributed by atoms with E-state index < -0.39 is 13.5 Å². The van der Waals surface area contributed by atoms with E-state index in [9.17, 15) is 14.5 Å². The Balaban J connectivity index is 1.72. The average molecular weight is 456 g/mol. The number of carbonyl (C=O) groups is 1. The summed E-state index contributed by atoms with van der Waals surface area (Å²) in [6.45, 7) is 5.71. The molecule has 2 N–H and O–H groups in total. The van der Waals surface area contributed by atoms with Crippen molar-refractivity contribution in [3.8, 4) is 17.4 Å². The van der Waals surface area contributed by atoms with Crippen LogP contribution in [0.3, 0.4) is 0 Å². The maximum absolute atomic E-state index is 12.9. The summed E-state index contributed by atoms with van der Waals surface area (Å²) in [6.07, 6.45) is 2.93. The van der Waals surface area contributed by atoms with E-state index in [0.717, 1.165) is 0 Å². The molecule has 1 unspecified atom stereocenters. The van der Waals surface area contributed by atoms with E-state index in [0.29, 0.717) is 16.6 Å². The van der Waals surface area contributed by atoms with Gasteiger partial charge in [0, 0.05) is 6.20 Å². The molecule has 0 saturated carbocycles. The monoisotopic (exact) mass is 456 g/mol. The molecule has 0 fully saturated rings. The van der Waals surface area contributed by atoms with Crippen molar-refractivity contribution in [3.63, 3.8) is 0 Å². The Hall–Kier alpha value is -3.13. The Kier molecular flexibility index (Phi) is 7.69. The number of hydrogen-bond donors (Lipinski definition) is 2. The zero-order chi connectivity index (χ0) is 23.1. The van der Waals surface area contributed by atoms with E-state index in [1.54, 1.807) is 69.4 Å². The Labute approximate surface area is 186 Å². The van der Waals surface area contributed by atoms with Crippen LogP contribution in [0.4, 0.5) is 5.69 Å². The fraction of sp³-hybridized carbons (Fsp3) is 0.273. The molecule has 0 aliphatic carbocycles. The van der Waals surface area contributed by atoms with Gasteiger partial charge in [-0.3, -0.25) is 14.3 Å². The molecule has 2 aromatic heterocycles. The lowest BCUT2D eigenvalue weighted by atomic mass is 10.0. The second-order valence-electron chi connectivity index (χ2n) is 6.78. The molecule has 0 aliphatic heterocycles. The first kappa shape index (κ1) is 23.5. The minimum absolute atomic E-state index is 0.0929. The van der Waals surface area contributed by atoms with Gasteiger partial charge < -0.3 is 19.5 Å². The van der Waals surface area contributed by atoms with Crippen LogP contribution >= 0.6 is 7.60 Å². The topological polar surface area (TPSA) is 124 Å². The summed E-state index contributed by atoms with van der Waals surface area (Å²) in [5.74, 6) is -1.03. The summed E-state index contributed by atoms with van der Waals surface area (Å²) < 4.78 is 23.6. The normalized spacial score (nSPS) is 12.3. The predicted octanol–water partition coefficient (Wildman–Crippen LogP) is 3.88. The van der Waals surface area contributed by atoms with Crippen molar-refractivity contribution >= 4 is 24.5 Å². The van der Waals surface area contributed by atoms with Crippen LogP contribution in [0.2, 0.25) is 0 Å². The highest BCUT2D eigenvalue weighted by molar-refractivity contribution is 7.62. The smallest absolute Gasteiger partial charge is 0.361 e. The zero-order valence-electron chi connectivity index (χ0n) is 18.1. The molecular weight excluding hydrogens is 431 g/mol. The van der Waals surface area contributed by atoms with Crippen LogP contribution < -0.4 is 10.6 Å². The Morgan fingerprint density at radius 1 is 1.09 bits per heavy atom. The third-order valence-corrected chi connectivity index (χ3v) is 6.75. The van der Waals surface area contributed by atoms with Crippen molar-refractivity contribution in [2.75, 3.05) is 18.5 Å². The van der Waals surface area contributed by atoms with E-state index in [2.05, 4.69) is 20.3 Å². The summed E-state index contributed by atoms with van der Waals surface area (Å²) >= 11 is 0. The van der Waals surface area contributed by atoms with Gasteiger partial charge in [-0.25, -0.2) is 4.98 Å². The molecule has 0 aliphatic rings. The summed E-state index contributed by atoms with van der Waals surface area (Å²) in [5, 5.41) is 13.3. The first-order chi connectivity index (χ1) is 15.4. The minimum Gasteiger partial charge on any atom is -0.492 e. The third kappa shape index (κ3) is 5.37. The highest BCUT2D eigenvalue weighted by Crippen LogP contribution is 2.46. The first-order valence-corrected chi connectivity index (χ1v) is 11.7. The van der Waals surface area contributed by atoms with E-state index in [1.807, 2.05) is 0 Å². The summed E-state index contributed by atoms with van der Waals surface area (Å²) in [6, 6.07) is 11.9.